The van der Waals surface area contributed by atoms with E-state index in [1.807, 2.05) is 82.9 Å². The van der Waals surface area contributed by atoms with Crippen LogP contribution in [0, 0.1) is 5.92 Å². The lowest BCUT2D eigenvalue weighted by molar-refractivity contribution is -0.138. The highest BCUT2D eigenvalue weighted by molar-refractivity contribution is 5.91. The number of alkyl carbamates (subject to hydrolysis) is 1. The molecule has 5 aromatic rings. The van der Waals surface area contributed by atoms with Crippen molar-refractivity contribution in [3.05, 3.63) is 131 Å². The predicted octanol–water partition coefficient (Wildman–Crippen LogP) is 8.04. The average Bonchev–Trinajstić information content (AvgIpc) is 3.79. The second kappa shape index (κ2) is 16.8. The summed E-state index contributed by atoms with van der Waals surface area (Å²) in [5, 5.41) is 5.83. The molecule has 4 heterocycles. The molecule has 326 valence electrons. The number of likely N-dealkylation sites (tertiary alicyclic amines) is 2. The number of carbonyl (C=O) groups is 4. The van der Waals surface area contributed by atoms with E-state index in [0.29, 0.717) is 18.7 Å². The maximum atomic E-state index is 14.2. The molecule has 11 rings (SSSR count). The van der Waals surface area contributed by atoms with E-state index < -0.39 is 18.2 Å². The fourth-order valence-corrected chi connectivity index (χ4v) is 11.1. The number of carbonyl (C=O) groups excluding carboxylic acids is 4. The summed E-state index contributed by atoms with van der Waals surface area (Å²) < 4.78 is 4.88. The Hall–Kier alpha value is -6.24. The fourth-order valence-electron chi connectivity index (χ4n) is 11.1. The Labute approximate surface area is 367 Å². The highest BCUT2D eigenvalue weighted by Gasteiger charge is 2.51. The number of amides is 4. The van der Waals surface area contributed by atoms with Gasteiger partial charge in [0.2, 0.25) is 11.8 Å². The lowest BCUT2D eigenvalue weighted by Crippen LogP contribution is -2.46. The van der Waals surface area contributed by atoms with Gasteiger partial charge in [-0.05, 0) is 105 Å². The van der Waals surface area contributed by atoms with E-state index in [-0.39, 0.29) is 46.6 Å². The first kappa shape index (κ1) is 40.8. The van der Waals surface area contributed by atoms with Crippen LogP contribution in [0.2, 0.25) is 0 Å². The van der Waals surface area contributed by atoms with Crippen LogP contribution in [0.1, 0.15) is 135 Å². The maximum absolute atomic E-state index is 14.2. The number of methoxy groups -OCH3 is 1. The lowest BCUT2D eigenvalue weighted by Gasteiger charge is -2.53. The quantitative estimate of drug-likeness (QED) is 0.0987. The number of hydrogen-bond donors (Lipinski definition) is 4. The van der Waals surface area contributed by atoms with Crippen molar-refractivity contribution in [1.82, 2.24) is 40.4 Å². The van der Waals surface area contributed by atoms with Gasteiger partial charge in [0, 0.05) is 36.3 Å². The molecule has 6 fully saturated rings. The van der Waals surface area contributed by atoms with Crippen molar-refractivity contribution in [2.75, 3.05) is 20.2 Å². The lowest BCUT2D eigenvalue weighted by atomic mass is 9.51. The number of ether oxygens (including phenoxy) is 1. The van der Waals surface area contributed by atoms with Crippen molar-refractivity contribution in [3.63, 3.8) is 0 Å². The Morgan fingerprint density at radius 1 is 0.651 bits per heavy atom. The van der Waals surface area contributed by atoms with Crippen molar-refractivity contribution >= 4 is 23.8 Å². The Morgan fingerprint density at radius 3 is 1.73 bits per heavy atom. The van der Waals surface area contributed by atoms with Crippen molar-refractivity contribution in [3.8, 4) is 11.3 Å². The zero-order valence-electron chi connectivity index (χ0n) is 35.9. The molecule has 6 aliphatic rings. The molecule has 13 heteroatoms. The molecule has 2 aliphatic heterocycles. The van der Waals surface area contributed by atoms with Gasteiger partial charge in [-0.15, -0.1) is 0 Å². The van der Waals surface area contributed by atoms with E-state index >= 15 is 0 Å². The molecule has 4 saturated carbocycles. The van der Waals surface area contributed by atoms with Gasteiger partial charge in [-0.2, -0.15) is 0 Å². The molecule has 63 heavy (non-hydrogen) atoms. The van der Waals surface area contributed by atoms with Crippen LogP contribution in [0.25, 0.3) is 11.3 Å². The zero-order valence-corrected chi connectivity index (χ0v) is 35.9. The molecule has 0 unspecified atom stereocenters. The first-order chi connectivity index (χ1) is 30.7. The summed E-state index contributed by atoms with van der Waals surface area (Å²) in [5.74, 6) is 1.30. The van der Waals surface area contributed by atoms with Crippen LogP contribution >= 0.6 is 0 Å². The van der Waals surface area contributed by atoms with Crippen molar-refractivity contribution < 1.29 is 23.9 Å². The Kier molecular flexibility index (Phi) is 10.9. The monoisotopic (exact) mass is 848 g/mol. The summed E-state index contributed by atoms with van der Waals surface area (Å²) in [6.45, 7) is 1.22. The van der Waals surface area contributed by atoms with Gasteiger partial charge in [0.1, 0.15) is 23.7 Å². The minimum absolute atomic E-state index is 0.00707. The largest absolute Gasteiger partial charge is 0.453 e. The predicted molar refractivity (Wildman–Crippen MR) is 236 cm³/mol. The Balaban J connectivity index is 0.793. The molecule has 13 nitrogen and oxygen atoms in total. The highest BCUT2D eigenvalue weighted by Crippen LogP contribution is 2.58. The molecule has 4 aliphatic carbocycles. The van der Waals surface area contributed by atoms with Crippen LogP contribution in [0.5, 0.6) is 0 Å². The molecule has 3 aromatic carbocycles. The maximum Gasteiger partial charge on any atom is 0.407 e. The summed E-state index contributed by atoms with van der Waals surface area (Å²) >= 11 is 0. The van der Waals surface area contributed by atoms with Gasteiger partial charge in [-0.1, -0.05) is 84.9 Å². The second-order valence-corrected chi connectivity index (χ2v) is 18.5. The van der Waals surface area contributed by atoms with Gasteiger partial charge in [0.05, 0.1) is 31.1 Å². The van der Waals surface area contributed by atoms with E-state index in [4.69, 9.17) is 14.7 Å². The van der Waals surface area contributed by atoms with Gasteiger partial charge < -0.3 is 35.1 Å². The number of nitrogens with zero attached hydrogens (tertiary/aromatic N) is 4. The molecular formula is C50H56N8O5. The van der Waals surface area contributed by atoms with E-state index in [9.17, 15) is 19.2 Å². The number of aromatic amines is 2. The summed E-state index contributed by atoms with van der Waals surface area (Å²) in [6.07, 6.45) is 14.8. The first-order valence-electron chi connectivity index (χ1n) is 22.8. The molecular weight excluding hydrogens is 793 g/mol. The molecule has 2 bridgehead atoms. The molecule has 0 spiro atoms. The van der Waals surface area contributed by atoms with Crippen molar-refractivity contribution in [1.29, 1.82) is 0 Å². The molecule has 2 saturated heterocycles. The Morgan fingerprint density at radius 2 is 1.17 bits per heavy atom. The van der Waals surface area contributed by atoms with E-state index in [1.165, 1.54) is 18.4 Å². The van der Waals surface area contributed by atoms with E-state index in [1.54, 1.807) is 0 Å². The molecule has 2 aromatic heterocycles. The smallest absolute Gasteiger partial charge is 0.407 e. The normalized spacial score (nSPS) is 25.1. The number of fused-ring (bicyclic) bond motifs is 3. The third-order valence-corrected chi connectivity index (χ3v) is 15.0. The summed E-state index contributed by atoms with van der Waals surface area (Å²) in [5.41, 5.74) is 6.21. The number of rotatable bonds is 12. The van der Waals surface area contributed by atoms with E-state index in [2.05, 4.69) is 44.9 Å². The van der Waals surface area contributed by atoms with Gasteiger partial charge in [-0.3, -0.25) is 14.4 Å². The fraction of sp³-hybridized carbons (Fsp3) is 0.440. The molecule has 4 N–H and O–H groups in total. The standard InChI is InChI=1S/C50H56N8O5/c1-63-48(62)56-42(34-12-6-3-7-13-34)47(61)58-29-9-15-39(58)44-52-31-40(54-44)50-25-22-49(23-26-50,24-27-50)36-20-18-32(19-21-36)37-30-51-43(53-37)38-14-8-28-57(38)46(60)41(33-10-4-2-5-11-33)55-45(59)35-16-17-35/h2-7,10-13,18-21,30-31,35,38-39,41-42H,8-9,14-17,22-29H2,1H3,(H,51,53)(H,52,54)(H,55,59)(H,56,62)/t38-,39-,41+,42+,49?,50?/m0/s1. The second-order valence-electron chi connectivity index (χ2n) is 18.5. The number of hydrogen-bond acceptors (Lipinski definition) is 7. The van der Waals surface area contributed by atoms with Gasteiger partial charge in [-0.25, -0.2) is 14.8 Å². The minimum Gasteiger partial charge on any atom is -0.453 e. The number of imidazole rings is 2. The van der Waals surface area contributed by atoms with Crippen LogP contribution in [0.15, 0.2) is 97.3 Å². The van der Waals surface area contributed by atoms with Gasteiger partial charge in [0.25, 0.3) is 5.91 Å². The number of nitrogens with one attached hydrogen (secondary N) is 4. The van der Waals surface area contributed by atoms with Crippen LogP contribution < -0.4 is 10.6 Å². The topological polar surface area (TPSA) is 165 Å². The van der Waals surface area contributed by atoms with Crippen molar-refractivity contribution in [2.45, 2.75) is 112 Å². The summed E-state index contributed by atoms with van der Waals surface area (Å²) in [4.78, 5) is 74.2. The van der Waals surface area contributed by atoms with Crippen molar-refractivity contribution in [2.24, 2.45) is 5.92 Å². The minimum atomic E-state index is -0.852. The van der Waals surface area contributed by atoms with Crippen LogP contribution in [-0.4, -0.2) is 73.7 Å². The van der Waals surface area contributed by atoms with Crippen LogP contribution in [0.3, 0.4) is 0 Å². The Bertz CT molecular complexity index is 2440. The number of aromatic nitrogens is 4. The van der Waals surface area contributed by atoms with Crippen LogP contribution in [-0.2, 0) is 30.0 Å². The zero-order chi connectivity index (χ0) is 43.1. The van der Waals surface area contributed by atoms with Gasteiger partial charge in [0.15, 0.2) is 0 Å². The van der Waals surface area contributed by atoms with E-state index in [0.717, 1.165) is 106 Å². The third-order valence-electron chi connectivity index (χ3n) is 15.0. The SMILES string of the molecule is COC(=O)N[C@@H](C(=O)N1CCC[C@H]1c1ncc(C23CCC(c4ccc(-c5cnc([C@@H]6CCCN6C(=O)[C@H](NC(=O)C6CC6)c6ccccc6)[nH]5)cc4)(CC2)CC3)[nH]1)c1ccccc1. The van der Waals surface area contributed by atoms with Crippen LogP contribution in [0.4, 0.5) is 4.79 Å². The molecule has 4 amide bonds. The number of benzene rings is 3. The average molecular weight is 849 g/mol. The van der Waals surface area contributed by atoms with Gasteiger partial charge >= 0.3 is 6.09 Å². The number of H-pyrrole nitrogens is 2. The highest BCUT2D eigenvalue weighted by atomic mass is 16.5. The molecule has 4 atom stereocenters. The molecule has 0 radical (unpaired) electrons. The summed E-state index contributed by atoms with van der Waals surface area (Å²) in [7, 11) is 1.30. The third kappa shape index (κ3) is 7.80. The first-order valence-corrected chi connectivity index (χ1v) is 22.8. The summed E-state index contributed by atoms with van der Waals surface area (Å²) in [6, 6.07) is 25.9.